The van der Waals surface area contributed by atoms with Gasteiger partial charge in [0, 0.05) is 12.8 Å². The number of allylic oxidation sites excluding steroid dienone is 6. The molecule has 0 aromatic carbocycles. The number of hydrogen-bond donors (Lipinski definition) is 3. The lowest BCUT2D eigenvalue weighted by Gasteiger charge is -2.22. The predicted molar refractivity (Wildman–Crippen MR) is 403 cm³/mol. The quantitative estimate of drug-likeness (QED) is 0.0320. The molecular formula is C85H163NO5. The van der Waals surface area contributed by atoms with Crippen molar-refractivity contribution in [3.05, 3.63) is 36.5 Å². The van der Waals surface area contributed by atoms with Gasteiger partial charge in [0.2, 0.25) is 5.91 Å². The van der Waals surface area contributed by atoms with Crippen molar-refractivity contribution >= 4 is 11.9 Å². The standard InChI is InChI=1S/C85H163NO5/c1-3-5-7-9-11-13-15-17-19-21-42-47-51-55-59-63-67-71-75-79-85(90)91-80-76-72-68-64-60-56-52-48-44-41-39-37-35-33-31-29-27-25-23-24-26-28-30-32-34-36-38-40-43-46-50-54-58-62-66-70-74-78-84(89)86-82(81-87)83(88)77-73-69-65-61-57-53-49-45-22-20-18-16-14-12-10-8-6-4-2/h17,19,23,25,29,31,82-83,87-88H,3-16,18,20-22,24,26-28,30,32-81H2,1-2H3,(H,86,89)/b19-17-,25-23-,31-29-. The molecule has 1 amide bonds. The highest BCUT2D eigenvalue weighted by Gasteiger charge is 2.20. The van der Waals surface area contributed by atoms with E-state index in [9.17, 15) is 19.8 Å². The Kier molecular flexibility index (Phi) is 78.8. The predicted octanol–water partition coefficient (Wildman–Crippen LogP) is 27.8. The zero-order chi connectivity index (χ0) is 65.6. The van der Waals surface area contributed by atoms with E-state index in [-0.39, 0.29) is 18.5 Å². The Balaban J connectivity index is 3.35. The van der Waals surface area contributed by atoms with Crippen LogP contribution in [0.5, 0.6) is 0 Å². The minimum absolute atomic E-state index is 0.0192. The number of hydrogen-bond acceptors (Lipinski definition) is 5. The highest BCUT2D eigenvalue weighted by Crippen LogP contribution is 2.20. The number of amides is 1. The fourth-order valence-electron chi connectivity index (χ4n) is 13.3. The maximum atomic E-state index is 12.6. The number of aliphatic hydroxyl groups is 2. The number of ether oxygens (including phenoxy) is 1. The van der Waals surface area contributed by atoms with Crippen LogP contribution in [0.3, 0.4) is 0 Å². The first-order chi connectivity index (χ1) is 45.0. The van der Waals surface area contributed by atoms with E-state index in [1.807, 2.05) is 0 Å². The van der Waals surface area contributed by atoms with Gasteiger partial charge in [-0.2, -0.15) is 0 Å². The van der Waals surface area contributed by atoms with Gasteiger partial charge in [-0.1, -0.05) is 410 Å². The Morgan fingerprint density at radius 1 is 0.308 bits per heavy atom. The van der Waals surface area contributed by atoms with Crippen LogP contribution in [0.4, 0.5) is 0 Å². The van der Waals surface area contributed by atoms with Gasteiger partial charge in [0.25, 0.3) is 0 Å². The largest absolute Gasteiger partial charge is 0.466 e. The molecule has 538 valence electrons. The second-order valence-corrected chi connectivity index (χ2v) is 28.8. The Hall–Kier alpha value is -1.92. The number of rotatable bonds is 79. The molecule has 0 aliphatic carbocycles. The van der Waals surface area contributed by atoms with Gasteiger partial charge in [0.05, 0.1) is 25.4 Å². The third-order valence-electron chi connectivity index (χ3n) is 19.7. The Morgan fingerprint density at radius 3 is 0.846 bits per heavy atom. The van der Waals surface area contributed by atoms with E-state index in [1.54, 1.807) is 0 Å². The number of esters is 1. The zero-order valence-corrected chi connectivity index (χ0v) is 61.9. The third-order valence-corrected chi connectivity index (χ3v) is 19.7. The molecular weight excluding hydrogens is 1110 g/mol. The minimum Gasteiger partial charge on any atom is -0.466 e. The van der Waals surface area contributed by atoms with Gasteiger partial charge in [-0.25, -0.2) is 0 Å². The van der Waals surface area contributed by atoms with Crippen molar-refractivity contribution in [3.8, 4) is 0 Å². The van der Waals surface area contributed by atoms with Crippen molar-refractivity contribution in [2.24, 2.45) is 0 Å². The molecule has 6 heteroatoms. The van der Waals surface area contributed by atoms with Crippen LogP contribution in [0.25, 0.3) is 0 Å². The van der Waals surface area contributed by atoms with E-state index in [0.717, 1.165) is 44.9 Å². The Morgan fingerprint density at radius 2 is 0.549 bits per heavy atom. The molecule has 3 N–H and O–H groups in total. The van der Waals surface area contributed by atoms with E-state index >= 15 is 0 Å². The van der Waals surface area contributed by atoms with Crippen LogP contribution < -0.4 is 5.32 Å². The summed E-state index contributed by atoms with van der Waals surface area (Å²) < 4.78 is 5.52. The van der Waals surface area contributed by atoms with E-state index in [4.69, 9.17) is 4.74 Å². The molecule has 0 spiro atoms. The number of aliphatic hydroxyl groups excluding tert-OH is 2. The van der Waals surface area contributed by atoms with E-state index < -0.39 is 12.1 Å². The molecule has 0 aliphatic rings. The fourth-order valence-corrected chi connectivity index (χ4v) is 13.3. The second kappa shape index (κ2) is 80.5. The van der Waals surface area contributed by atoms with Crippen LogP contribution in [0.2, 0.25) is 0 Å². The van der Waals surface area contributed by atoms with Gasteiger partial charge >= 0.3 is 5.97 Å². The van der Waals surface area contributed by atoms with Crippen molar-refractivity contribution < 1.29 is 24.5 Å². The lowest BCUT2D eigenvalue weighted by atomic mass is 10.0. The number of carbonyl (C=O) groups is 2. The van der Waals surface area contributed by atoms with Crippen LogP contribution in [0.15, 0.2) is 36.5 Å². The summed E-state index contributed by atoms with van der Waals surface area (Å²) in [4.78, 5) is 24.7. The molecule has 0 aromatic rings. The van der Waals surface area contributed by atoms with E-state index in [0.29, 0.717) is 25.9 Å². The van der Waals surface area contributed by atoms with Gasteiger partial charge in [0.15, 0.2) is 0 Å². The lowest BCUT2D eigenvalue weighted by Crippen LogP contribution is -2.45. The summed E-state index contributed by atoms with van der Waals surface area (Å²) in [5.41, 5.74) is 0. The summed E-state index contributed by atoms with van der Waals surface area (Å²) in [7, 11) is 0. The molecule has 91 heavy (non-hydrogen) atoms. The highest BCUT2D eigenvalue weighted by atomic mass is 16.5. The summed E-state index contributed by atoms with van der Waals surface area (Å²) in [6, 6.07) is -0.540. The molecule has 0 radical (unpaired) electrons. The Labute approximate surface area is 570 Å². The zero-order valence-electron chi connectivity index (χ0n) is 61.9. The van der Waals surface area contributed by atoms with Crippen LogP contribution >= 0.6 is 0 Å². The molecule has 6 nitrogen and oxygen atoms in total. The van der Waals surface area contributed by atoms with Crippen LogP contribution in [0.1, 0.15) is 470 Å². The van der Waals surface area contributed by atoms with Gasteiger partial charge in [-0.3, -0.25) is 9.59 Å². The number of nitrogens with one attached hydrogen (secondary N) is 1. The van der Waals surface area contributed by atoms with Gasteiger partial charge in [-0.15, -0.1) is 0 Å². The summed E-state index contributed by atoms with van der Waals surface area (Å²) in [5, 5.41) is 23.4. The van der Waals surface area contributed by atoms with Crippen LogP contribution in [0, 0.1) is 0 Å². The molecule has 0 aromatic heterocycles. The smallest absolute Gasteiger partial charge is 0.305 e. The summed E-state index contributed by atoms with van der Waals surface area (Å²) in [6.07, 6.45) is 105. The molecule has 0 aliphatic heterocycles. The third kappa shape index (κ3) is 77.0. The van der Waals surface area contributed by atoms with E-state index in [1.165, 1.54) is 392 Å². The average molecular weight is 1280 g/mol. The number of carbonyl (C=O) groups excluding carboxylic acids is 2. The number of unbranched alkanes of at least 4 members (excludes halogenated alkanes) is 62. The maximum absolute atomic E-state index is 12.6. The fraction of sp³-hybridized carbons (Fsp3) is 0.906. The molecule has 0 saturated carbocycles. The van der Waals surface area contributed by atoms with Crippen LogP contribution in [-0.4, -0.2) is 47.4 Å². The molecule has 0 fully saturated rings. The van der Waals surface area contributed by atoms with Gasteiger partial charge in [-0.05, 0) is 83.5 Å². The first-order valence-electron chi connectivity index (χ1n) is 41.7. The van der Waals surface area contributed by atoms with Gasteiger partial charge in [0.1, 0.15) is 0 Å². The molecule has 0 bridgehead atoms. The van der Waals surface area contributed by atoms with Crippen molar-refractivity contribution in [1.29, 1.82) is 0 Å². The Bertz CT molecular complexity index is 1470. The van der Waals surface area contributed by atoms with Crippen molar-refractivity contribution in [3.63, 3.8) is 0 Å². The first-order valence-corrected chi connectivity index (χ1v) is 41.7. The lowest BCUT2D eigenvalue weighted by molar-refractivity contribution is -0.143. The summed E-state index contributed by atoms with van der Waals surface area (Å²) in [5.74, 6) is -0.00852. The maximum Gasteiger partial charge on any atom is 0.305 e. The molecule has 0 saturated heterocycles. The average Bonchev–Trinajstić information content (AvgIpc) is 3.65. The molecule has 2 unspecified atom stereocenters. The molecule has 2 atom stereocenters. The van der Waals surface area contributed by atoms with Crippen molar-refractivity contribution in [2.75, 3.05) is 13.2 Å². The monoisotopic (exact) mass is 1280 g/mol. The van der Waals surface area contributed by atoms with Gasteiger partial charge < -0.3 is 20.3 Å². The highest BCUT2D eigenvalue weighted by molar-refractivity contribution is 5.76. The normalized spacial score (nSPS) is 12.6. The minimum atomic E-state index is -0.663. The first kappa shape index (κ1) is 89.1. The summed E-state index contributed by atoms with van der Waals surface area (Å²) >= 11 is 0. The molecule has 0 rings (SSSR count). The van der Waals surface area contributed by atoms with Crippen molar-refractivity contribution in [2.45, 2.75) is 482 Å². The van der Waals surface area contributed by atoms with E-state index in [2.05, 4.69) is 55.6 Å². The molecule has 0 heterocycles. The summed E-state index contributed by atoms with van der Waals surface area (Å²) in [6.45, 7) is 5.00. The topological polar surface area (TPSA) is 95.9 Å². The SMILES string of the molecule is CCCCCCCC/C=C\CCCCCCCCCCCC(=O)OCCCCCCCCCCCCCCC/C=C\C/C=C\CCCCCCCCCCCCCCCCCCCC(=O)NC(CO)C(O)CCCCCCCCCCCCCCCCCCCC. The van der Waals surface area contributed by atoms with Crippen LogP contribution in [-0.2, 0) is 14.3 Å². The van der Waals surface area contributed by atoms with Crippen molar-refractivity contribution in [1.82, 2.24) is 5.32 Å². The second-order valence-electron chi connectivity index (χ2n) is 28.8.